The summed E-state index contributed by atoms with van der Waals surface area (Å²) in [5.74, 6) is 0.632. The zero-order valence-corrected chi connectivity index (χ0v) is 12.4. The van der Waals surface area contributed by atoms with Crippen molar-refractivity contribution in [3.05, 3.63) is 28.3 Å². The van der Waals surface area contributed by atoms with Crippen LogP contribution in [0.2, 0.25) is 0 Å². The van der Waals surface area contributed by atoms with E-state index in [1.54, 1.807) is 26.2 Å². The molecule has 0 aliphatic carbocycles. The van der Waals surface area contributed by atoms with Gasteiger partial charge in [0, 0.05) is 18.7 Å². The summed E-state index contributed by atoms with van der Waals surface area (Å²) < 4.78 is 6.63. The van der Waals surface area contributed by atoms with Gasteiger partial charge in [0.1, 0.15) is 16.4 Å². The van der Waals surface area contributed by atoms with Crippen molar-refractivity contribution in [3.8, 4) is 5.75 Å². The molecule has 0 amide bonds. The van der Waals surface area contributed by atoms with Crippen molar-refractivity contribution >= 4 is 17.0 Å². The maximum Gasteiger partial charge on any atom is 0.369 e. The van der Waals surface area contributed by atoms with Gasteiger partial charge in [0.15, 0.2) is 4.54 Å². The zero-order chi connectivity index (χ0) is 15.6. The quantitative estimate of drug-likeness (QED) is 0.628. The van der Waals surface area contributed by atoms with E-state index in [9.17, 15) is 10.1 Å². The molecule has 114 valence electrons. The number of hydrogen-bond donors (Lipinski definition) is 1. The van der Waals surface area contributed by atoms with E-state index in [4.69, 9.17) is 10.5 Å². The highest BCUT2D eigenvalue weighted by molar-refractivity contribution is 5.74. The van der Waals surface area contributed by atoms with Crippen molar-refractivity contribution in [2.45, 2.75) is 6.92 Å². The minimum Gasteiger partial charge on any atom is -0.800 e. The Labute approximate surface area is 122 Å². The number of fused-ring (bicyclic) bond motifs is 1. The van der Waals surface area contributed by atoms with Gasteiger partial charge in [-0.15, -0.1) is 0 Å². The number of ether oxygens (including phenoxy) is 1. The first-order valence-electron chi connectivity index (χ1n) is 6.74. The molecular formula is C13H20N5O3+. The lowest BCUT2D eigenvalue weighted by atomic mass is 10.3. The van der Waals surface area contributed by atoms with Gasteiger partial charge in [-0.1, -0.05) is 0 Å². The summed E-state index contributed by atoms with van der Waals surface area (Å²) in [6.45, 7) is 3.20. The third kappa shape index (κ3) is 2.81. The molecule has 8 nitrogen and oxygen atoms in total. The Bertz CT molecular complexity index is 711. The summed E-state index contributed by atoms with van der Waals surface area (Å²) in [5, 5.41) is 16.4. The SMILES string of the molecule is CCOc1ccc2c(c1)n([O-])c([N+](C)(C)CCN)n[n+]2=O. The molecule has 0 bridgehead atoms. The Kier molecular flexibility index (Phi) is 4.10. The number of rotatable bonds is 5. The number of quaternary nitrogens is 1. The van der Waals surface area contributed by atoms with Crippen LogP contribution in [0.1, 0.15) is 6.92 Å². The smallest absolute Gasteiger partial charge is 0.369 e. The number of hydrogen-bond acceptors (Lipinski definition) is 5. The van der Waals surface area contributed by atoms with E-state index in [2.05, 4.69) is 5.10 Å². The Morgan fingerprint density at radius 3 is 2.81 bits per heavy atom. The fraction of sp³-hybridized carbons (Fsp3) is 0.462. The van der Waals surface area contributed by atoms with Gasteiger partial charge in [-0.2, -0.15) is 0 Å². The van der Waals surface area contributed by atoms with E-state index in [1.807, 2.05) is 6.92 Å². The summed E-state index contributed by atoms with van der Waals surface area (Å²) in [5.41, 5.74) is 5.98. The highest BCUT2D eigenvalue weighted by Gasteiger charge is 2.28. The molecule has 21 heavy (non-hydrogen) atoms. The van der Waals surface area contributed by atoms with Gasteiger partial charge >= 0.3 is 11.5 Å². The summed E-state index contributed by atoms with van der Waals surface area (Å²) in [4.78, 5) is 12.0. The zero-order valence-electron chi connectivity index (χ0n) is 12.4. The van der Waals surface area contributed by atoms with Crippen LogP contribution in [0.25, 0.3) is 11.0 Å². The molecule has 1 heterocycles. The first-order chi connectivity index (χ1) is 9.90. The molecule has 1 aromatic heterocycles. The molecule has 0 atom stereocenters. The predicted molar refractivity (Wildman–Crippen MR) is 80.6 cm³/mol. The molecule has 0 spiro atoms. The fourth-order valence-electron chi connectivity index (χ4n) is 2.16. The highest BCUT2D eigenvalue weighted by atomic mass is 16.5. The second kappa shape index (κ2) is 5.66. The summed E-state index contributed by atoms with van der Waals surface area (Å²) in [6, 6.07) is 4.72. The van der Waals surface area contributed by atoms with Crippen LogP contribution in [0.5, 0.6) is 5.75 Å². The predicted octanol–water partition coefficient (Wildman–Crippen LogP) is 0.221. The van der Waals surface area contributed by atoms with Crippen LogP contribution in [0.4, 0.5) is 5.95 Å². The molecule has 0 fully saturated rings. The van der Waals surface area contributed by atoms with Crippen molar-refractivity contribution in [1.29, 1.82) is 0 Å². The number of benzene rings is 1. The molecule has 2 N–H and O–H groups in total. The lowest BCUT2D eigenvalue weighted by Gasteiger charge is -2.29. The van der Waals surface area contributed by atoms with Gasteiger partial charge in [0.05, 0.1) is 32.2 Å². The van der Waals surface area contributed by atoms with E-state index in [1.165, 1.54) is 6.07 Å². The molecular weight excluding hydrogens is 274 g/mol. The topological polar surface area (TPSA) is 99.1 Å². The van der Waals surface area contributed by atoms with Crippen LogP contribution in [0, 0.1) is 10.1 Å². The molecule has 0 aliphatic rings. The molecule has 1 aromatic carbocycles. The van der Waals surface area contributed by atoms with Crippen molar-refractivity contribution in [2.75, 3.05) is 33.8 Å². The fourth-order valence-corrected chi connectivity index (χ4v) is 2.16. The normalized spacial score (nSPS) is 11.8. The minimum atomic E-state index is 0.0941. The van der Waals surface area contributed by atoms with E-state index in [0.717, 1.165) is 0 Å². The van der Waals surface area contributed by atoms with Gasteiger partial charge in [-0.3, -0.25) is 4.48 Å². The monoisotopic (exact) mass is 294 g/mol. The first-order valence-corrected chi connectivity index (χ1v) is 6.74. The average molecular weight is 294 g/mol. The number of nitrogens with zero attached hydrogens (tertiary/aromatic N) is 4. The molecule has 0 aliphatic heterocycles. The first kappa shape index (κ1) is 15.2. The van der Waals surface area contributed by atoms with Crippen LogP contribution in [0.3, 0.4) is 0 Å². The third-order valence-corrected chi connectivity index (χ3v) is 3.27. The summed E-state index contributed by atoms with van der Waals surface area (Å²) in [7, 11) is 3.56. The van der Waals surface area contributed by atoms with Gasteiger partial charge in [-0.05, 0) is 13.0 Å². The lowest BCUT2D eigenvalue weighted by Crippen LogP contribution is -2.48. The van der Waals surface area contributed by atoms with Crippen LogP contribution < -0.4 is 19.5 Å². The van der Waals surface area contributed by atoms with Crippen LogP contribution in [-0.2, 0) is 0 Å². The van der Waals surface area contributed by atoms with Crippen molar-refractivity contribution in [2.24, 2.45) is 5.73 Å². The van der Waals surface area contributed by atoms with E-state index in [0.29, 0.717) is 34.7 Å². The minimum absolute atomic E-state index is 0.0941. The van der Waals surface area contributed by atoms with Gasteiger partial charge in [-0.25, -0.2) is 0 Å². The van der Waals surface area contributed by atoms with Crippen molar-refractivity contribution < 1.29 is 9.28 Å². The average Bonchev–Trinajstić information content (AvgIpc) is 2.43. The van der Waals surface area contributed by atoms with E-state index < -0.39 is 0 Å². The molecule has 0 saturated carbocycles. The molecule has 2 aromatic rings. The molecule has 0 radical (unpaired) electrons. The van der Waals surface area contributed by atoms with Gasteiger partial charge < -0.3 is 20.4 Å². The third-order valence-electron chi connectivity index (χ3n) is 3.27. The van der Waals surface area contributed by atoms with Crippen LogP contribution in [-0.4, -0.2) is 43.6 Å². The Balaban J connectivity index is 2.70. The molecule has 0 saturated heterocycles. The number of nitrogens with two attached hydrogens (primary N) is 1. The maximum atomic E-state index is 12.5. The maximum absolute atomic E-state index is 12.5. The standard InChI is InChI=1S/C13H20N5O3/c1-4-21-10-5-6-11-12(9-10)16(19)13(15-17(11)20)18(2,3)8-7-14/h5-6,9H,4,7-8,14H2,1-3H3/q+1. The highest BCUT2D eigenvalue weighted by Crippen LogP contribution is 2.22. The molecule has 0 unspecified atom stereocenters. The Hall–Kier alpha value is -2.19. The van der Waals surface area contributed by atoms with Gasteiger partial charge in [0.25, 0.3) is 0 Å². The van der Waals surface area contributed by atoms with Crippen molar-refractivity contribution in [1.82, 2.24) is 14.3 Å². The van der Waals surface area contributed by atoms with Crippen LogP contribution >= 0.6 is 0 Å². The van der Waals surface area contributed by atoms with Crippen LogP contribution in [0.15, 0.2) is 18.2 Å². The molecule has 8 heteroatoms. The lowest BCUT2D eigenvalue weighted by molar-refractivity contribution is -0.536. The second-order valence-corrected chi connectivity index (χ2v) is 5.25. The van der Waals surface area contributed by atoms with E-state index >= 15 is 0 Å². The number of likely N-dealkylation sites (N-methyl/N-ethyl adjacent to an activating group) is 1. The Morgan fingerprint density at radius 1 is 1.48 bits per heavy atom. The largest absolute Gasteiger partial charge is 0.800 e. The van der Waals surface area contributed by atoms with Crippen molar-refractivity contribution in [3.63, 3.8) is 0 Å². The number of aromatic nitrogens is 3. The summed E-state index contributed by atoms with van der Waals surface area (Å²) >= 11 is 0. The Morgan fingerprint density at radius 2 is 2.19 bits per heavy atom. The van der Waals surface area contributed by atoms with E-state index in [-0.39, 0.29) is 21.5 Å². The second-order valence-electron chi connectivity index (χ2n) is 5.25. The summed E-state index contributed by atoms with van der Waals surface area (Å²) in [6.07, 6.45) is 0. The van der Waals surface area contributed by atoms with Gasteiger partial charge in [0.2, 0.25) is 0 Å². The molecule has 2 rings (SSSR count).